The number of benzene rings is 8. The van der Waals surface area contributed by atoms with E-state index in [9.17, 15) is 8.22 Å². The van der Waals surface area contributed by atoms with Gasteiger partial charge in [-0.15, -0.1) is 0 Å². The molecule has 1 aliphatic heterocycles. The van der Waals surface area contributed by atoms with Gasteiger partial charge in [-0.05, 0) is 78.1 Å². The molecule has 8 aromatic carbocycles. The topological polar surface area (TPSA) is 9.23 Å². The Labute approximate surface area is 289 Å². The average molecular weight is 600 g/mol. The minimum absolute atomic E-state index is 0.0815. The molecule has 0 saturated carbocycles. The molecule has 0 radical (unpaired) electrons. The van der Waals surface area contributed by atoms with E-state index in [1.165, 1.54) is 0 Å². The molecule has 1 heteroatoms. The third kappa shape index (κ3) is 3.40. The van der Waals surface area contributed by atoms with E-state index in [4.69, 9.17) is 17.1 Å². The van der Waals surface area contributed by atoms with Gasteiger partial charge in [0.15, 0.2) is 0 Å². The molecule has 0 atom stereocenters. The first kappa shape index (κ1) is 14.9. The van der Waals surface area contributed by atoms with Crippen molar-refractivity contribution in [2.24, 2.45) is 0 Å². The van der Waals surface area contributed by atoms with Crippen LogP contribution in [0.3, 0.4) is 0 Å². The van der Waals surface area contributed by atoms with E-state index in [0.29, 0.717) is 5.56 Å². The lowest BCUT2D eigenvalue weighted by molar-refractivity contribution is 0.436. The van der Waals surface area contributed by atoms with Crippen LogP contribution < -0.4 is 4.74 Å². The first-order chi connectivity index (χ1) is 29.0. The lowest BCUT2D eigenvalue weighted by atomic mass is 9.66. The van der Waals surface area contributed by atoms with Crippen molar-refractivity contribution >= 4 is 21.5 Å². The Morgan fingerprint density at radius 1 is 0.413 bits per heavy atom. The van der Waals surface area contributed by atoms with Crippen molar-refractivity contribution in [1.29, 1.82) is 0 Å². The van der Waals surface area contributed by atoms with Crippen molar-refractivity contribution < 1.29 is 25.3 Å². The maximum absolute atomic E-state index is 9.74. The van der Waals surface area contributed by atoms with Crippen molar-refractivity contribution in [2.75, 3.05) is 0 Å². The first-order valence-electron chi connectivity index (χ1n) is 22.2. The zero-order chi connectivity index (χ0) is 43.3. The van der Waals surface area contributed by atoms with E-state index in [2.05, 4.69) is 24.3 Å². The van der Waals surface area contributed by atoms with Crippen LogP contribution in [0.2, 0.25) is 0 Å². The third-order valence-corrected chi connectivity index (χ3v) is 9.03. The Morgan fingerprint density at radius 2 is 1.07 bits per heavy atom. The molecule has 0 aromatic heterocycles. The highest BCUT2D eigenvalue weighted by Gasteiger charge is 2.50. The van der Waals surface area contributed by atoms with E-state index in [-0.39, 0.29) is 16.7 Å². The van der Waals surface area contributed by atoms with Crippen molar-refractivity contribution in [2.45, 2.75) is 5.41 Å². The average Bonchev–Trinajstić information content (AvgIpc) is 3.57. The lowest BCUT2D eigenvalue weighted by Crippen LogP contribution is -2.32. The number of hydrogen-bond acceptors (Lipinski definition) is 1. The van der Waals surface area contributed by atoms with Gasteiger partial charge in [0.05, 0.1) is 26.0 Å². The molecule has 0 fully saturated rings. The highest BCUT2D eigenvalue weighted by molar-refractivity contribution is 6.12. The zero-order valence-electron chi connectivity index (χ0n) is 38.9. The van der Waals surface area contributed by atoms with E-state index in [0.717, 1.165) is 32.7 Å². The second kappa shape index (κ2) is 9.54. The highest BCUT2D eigenvalue weighted by atomic mass is 16.5. The molecule has 1 spiro atoms. The summed E-state index contributed by atoms with van der Waals surface area (Å²) in [6.45, 7) is 0. The molecular formula is C45H28O. The number of hydrogen-bond donors (Lipinski definition) is 0. The summed E-state index contributed by atoms with van der Waals surface area (Å²) in [5.74, 6) is -1.04. The van der Waals surface area contributed by atoms with Gasteiger partial charge >= 0.3 is 0 Å². The monoisotopic (exact) mass is 599 g/mol. The van der Waals surface area contributed by atoms with Crippen LogP contribution in [0, 0.1) is 0 Å². The Kier molecular flexibility index (Phi) is 3.09. The Morgan fingerprint density at radius 3 is 1.87 bits per heavy atom. The molecule has 46 heavy (non-hydrogen) atoms. The minimum atomic E-state index is -2.53. The standard InChI is InChI=1S/C45H28O/c1-2-11-33-30(10-1)24-26-36-34(14-9-15-35(33)36)31-22-20-29(21-23-31)32-25-27-42-44(28-32)46-43-19-8-7-18-41(43)45(42)39-16-5-3-12-37(39)38-13-4-6-17-40(38)45/h1-28H/i3D,4D,5D,6D,7D,8D,12D,13D,16D,17D,18D,19D,25D,27D,28D. The van der Waals surface area contributed by atoms with Gasteiger partial charge in [0.1, 0.15) is 11.5 Å². The second-order valence-corrected chi connectivity index (χ2v) is 11.3. The Hall–Kier alpha value is -5.92. The molecular weight excluding hydrogens is 556 g/mol. The van der Waals surface area contributed by atoms with Gasteiger partial charge in [-0.25, -0.2) is 0 Å². The zero-order valence-corrected chi connectivity index (χ0v) is 23.9. The molecule has 0 amide bonds. The Balaban J connectivity index is 1.30. The summed E-state index contributed by atoms with van der Waals surface area (Å²) in [6, 6.07) is 14.7. The molecule has 1 nitrogen and oxygen atoms in total. The minimum Gasteiger partial charge on any atom is -0.457 e. The number of rotatable bonds is 2. The largest absolute Gasteiger partial charge is 0.457 e. The van der Waals surface area contributed by atoms with Gasteiger partial charge in [-0.2, -0.15) is 0 Å². The molecule has 10 rings (SSSR count). The van der Waals surface area contributed by atoms with Crippen molar-refractivity contribution in [3.05, 3.63) is 192 Å². The van der Waals surface area contributed by atoms with Crippen molar-refractivity contribution in [1.82, 2.24) is 0 Å². The van der Waals surface area contributed by atoms with Gasteiger partial charge in [0.25, 0.3) is 0 Å². The molecule has 8 aromatic rings. The van der Waals surface area contributed by atoms with Crippen LogP contribution in [0.25, 0.3) is 54.9 Å². The summed E-state index contributed by atoms with van der Waals surface area (Å²) < 4.78 is 142. The fraction of sp³-hybridized carbons (Fsp3) is 0.0222. The normalized spacial score (nSPS) is 18.1. The smallest absolute Gasteiger partial charge is 0.132 e. The van der Waals surface area contributed by atoms with E-state index in [1.54, 1.807) is 12.1 Å². The maximum atomic E-state index is 9.74. The van der Waals surface area contributed by atoms with Gasteiger partial charge in [0, 0.05) is 11.1 Å². The van der Waals surface area contributed by atoms with Gasteiger partial charge < -0.3 is 4.74 Å². The first-order valence-corrected chi connectivity index (χ1v) is 14.7. The summed E-state index contributed by atoms with van der Waals surface area (Å²) in [5, 5.41) is 4.26. The molecule has 1 heterocycles. The highest BCUT2D eigenvalue weighted by Crippen LogP contribution is 2.62. The van der Waals surface area contributed by atoms with Crippen LogP contribution in [-0.2, 0) is 5.41 Å². The van der Waals surface area contributed by atoms with Gasteiger partial charge in [-0.1, -0.05) is 157 Å². The van der Waals surface area contributed by atoms with Crippen LogP contribution in [0.5, 0.6) is 11.5 Å². The SMILES string of the molecule is [2H]c1c([2H])c([2H])c2c(c1[2H])Oc1c([2H])c(-c3ccc(-c4cccc5c4ccc4ccccc45)cc3)c([2H])c([2H])c1C21c2c([2H])c([2H])c([2H])c([2H])c2-c2c([2H])c([2H])c([2H])c([2H])c21. The second-order valence-electron chi connectivity index (χ2n) is 11.3. The van der Waals surface area contributed by atoms with Crippen LogP contribution >= 0.6 is 0 Å². The third-order valence-electron chi connectivity index (χ3n) is 9.03. The summed E-state index contributed by atoms with van der Waals surface area (Å²) in [6.07, 6.45) is 0. The number of para-hydroxylation sites is 1. The number of ether oxygens (including phenoxy) is 1. The number of fused-ring (bicyclic) bond motifs is 12. The fourth-order valence-electron chi connectivity index (χ4n) is 7.04. The molecule has 2 aliphatic rings. The van der Waals surface area contributed by atoms with E-state index >= 15 is 0 Å². The molecule has 0 bridgehead atoms. The van der Waals surface area contributed by atoms with Crippen molar-refractivity contribution in [3.8, 4) is 44.9 Å². The fourth-order valence-corrected chi connectivity index (χ4v) is 7.04. The van der Waals surface area contributed by atoms with Gasteiger partial charge in [0.2, 0.25) is 0 Å². The Bertz CT molecular complexity index is 3270. The van der Waals surface area contributed by atoms with Crippen LogP contribution in [0.1, 0.15) is 42.8 Å². The molecule has 0 N–H and O–H groups in total. The summed E-state index contributed by atoms with van der Waals surface area (Å²) in [7, 11) is 0. The molecule has 214 valence electrons. The quantitative estimate of drug-likeness (QED) is 0.180. The summed E-state index contributed by atoms with van der Waals surface area (Å²) >= 11 is 0. The summed E-state index contributed by atoms with van der Waals surface area (Å²) in [4.78, 5) is 0. The molecule has 1 aliphatic carbocycles. The van der Waals surface area contributed by atoms with Crippen LogP contribution in [-0.4, -0.2) is 0 Å². The van der Waals surface area contributed by atoms with Crippen molar-refractivity contribution in [3.63, 3.8) is 0 Å². The predicted molar refractivity (Wildman–Crippen MR) is 190 cm³/mol. The summed E-state index contributed by atoms with van der Waals surface area (Å²) in [5.41, 5.74) is -2.98. The van der Waals surface area contributed by atoms with Crippen LogP contribution in [0.15, 0.2) is 169 Å². The molecule has 0 saturated heterocycles. The van der Waals surface area contributed by atoms with Gasteiger partial charge in [-0.3, -0.25) is 0 Å². The lowest BCUT2D eigenvalue weighted by Gasteiger charge is -2.39. The van der Waals surface area contributed by atoms with E-state index < -0.39 is 130 Å². The predicted octanol–water partition coefficient (Wildman–Crippen LogP) is 11.8. The van der Waals surface area contributed by atoms with E-state index in [1.807, 2.05) is 42.5 Å². The van der Waals surface area contributed by atoms with Crippen LogP contribution in [0.4, 0.5) is 0 Å². The maximum Gasteiger partial charge on any atom is 0.132 e. The molecule has 0 unspecified atom stereocenters.